The van der Waals surface area contributed by atoms with Gasteiger partial charge in [0, 0.05) is 21.4 Å². The summed E-state index contributed by atoms with van der Waals surface area (Å²) in [5, 5.41) is 4.24. The van der Waals surface area contributed by atoms with Crippen molar-refractivity contribution >= 4 is 39.1 Å². The number of rotatable bonds is 6. The summed E-state index contributed by atoms with van der Waals surface area (Å²) in [4.78, 5) is 32.6. The molecule has 3 aromatic carbocycles. The molecule has 0 aliphatic rings. The van der Waals surface area contributed by atoms with Crippen LogP contribution in [0.15, 0.2) is 84.9 Å². The van der Waals surface area contributed by atoms with Gasteiger partial charge in [0.15, 0.2) is 0 Å². The number of ether oxygens (including phenoxy) is 1. The Labute approximate surface area is 219 Å². The van der Waals surface area contributed by atoms with Crippen molar-refractivity contribution in [2.75, 3.05) is 11.9 Å². The highest BCUT2D eigenvalue weighted by Crippen LogP contribution is 2.41. The molecule has 184 valence electrons. The van der Waals surface area contributed by atoms with Gasteiger partial charge in [-0.3, -0.25) is 4.79 Å². The van der Waals surface area contributed by atoms with Crippen LogP contribution in [0, 0.1) is 13.8 Å². The molecule has 5 nitrogen and oxygen atoms in total. The fourth-order valence-electron chi connectivity index (χ4n) is 4.39. The van der Waals surface area contributed by atoms with E-state index in [1.165, 1.54) is 11.3 Å². The average molecular weight is 507 g/mol. The van der Waals surface area contributed by atoms with Crippen molar-refractivity contribution in [3.63, 3.8) is 0 Å². The van der Waals surface area contributed by atoms with Gasteiger partial charge in [-0.1, -0.05) is 78.4 Å². The van der Waals surface area contributed by atoms with Gasteiger partial charge < -0.3 is 10.1 Å². The third-order valence-electron chi connectivity index (χ3n) is 6.16. The van der Waals surface area contributed by atoms with Crippen LogP contribution in [0.1, 0.15) is 38.1 Å². The summed E-state index contributed by atoms with van der Waals surface area (Å²) in [5.74, 6) is -0.764. The molecule has 0 aliphatic carbocycles. The van der Waals surface area contributed by atoms with Crippen LogP contribution in [0.5, 0.6) is 0 Å². The van der Waals surface area contributed by atoms with Gasteiger partial charge in [-0.2, -0.15) is 0 Å². The Hall–Kier alpha value is -4.29. The van der Waals surface area contributed by atoms with Gasteiger partial charge in [-0.25, -0.2) is 9.78 Å². The van der Waals surface area contributed by atoms with E-state index < -0.39 is 5.97 Å². The molecule has 6 heteroatoms. The Morgan fingerprint density at radius 3 is 2.32 bits per heavy atom. The van der Waals surface area contributed by atoms with Gasteiger partial charge in [-0.15, -0.1) is 11.3 Å². The summed E-state index contributed by atoms with van der Waals surface area (Å²) >= 11 is 1.37. The molecule has 0 spiro atoms. The lowest BCUT2D eigenvalue weighted by molar-refractivity contribution is 0.0529. The molecular formula is C31H26N2O3S. The van der Waals surface area contributed by atoms with Crippen LogP contribution < -0.4 is 5.32 Å². The molecule has 1 amide bonds. The van der Waals surface area contributed by atoms with Gasteiger partial charge in [-0.05, 0) is 38.5 Å². The molecule has 37 heavy (non-hydrogen) atoms. The summed E-state index contributed by atoms with van der Waals surface area (Å²) < 4.78 is 5.41. The summed E-state index contributed by atoms with van der Waals surface area (Å²) in [6, 6.07) is 27.1. The molecule has 0 saturated heterocycles. The third-order valence-corrected chi connectivity index (χ3v) is 7.18. The summed E-state index contributed by atoms with van der Waals surface area (Å²) in [7, 11) is 0. The predicted molar refractivity (Wildman–Crippen MR) is 150 cm³/mol. The van der Waals surface area contributed by atoms with Crippen molar-refractivity contribution in [3.8, 4) is 22.4 Å². The minimum atomic E-state index is -0.456. The van der Waals surface area contributed by atoms with Crippen LogP contribution in [0.25, 0.3) is 33.3 Å². The molecule has 0 saturated carbocycles. The zero-order valence-corrected chi connectivity index (χ0v) is 21.7. The fourth-order valence-corrected chi connectivity index (χ4v) is 5.45. The average Bonchev–Trinajstić information content (AvgIpc) is 3.24. The Balaban J connectivity index is 1.61. The predicted octanol–water partition coefficient (Wildman–Crippen LogP) is 7.68. The number of thiophene rings is 1. The number of pyridine rings is 1. The highest BCUT2D eigenvalue weighted by molar-refractivity contribution is 7.17. The monoisotopic (exact) mass is 506 g/mol. The van der Waals surface area contributed by atoms with Crippen LogP contribution >= 0.6 is 11.3 Å². The van der Waals surface area contributed by atoms with Gasteiger partial charge >= 0.3 is 5.97 Å². The standard InChI is InChI=1S/C31H26N2O3S/c1-4-36-31(35)28-27(22-16-14-19(2)15-17-22)20(3)37-30(28)33-29(34)24-18-26(21-10-6-5-7-11-21)32-25-13-9-8-12-23(24)25/h5-18H,4H2,1-3H3,(H,33,34). The SMILES string of the molecule is CCOC(=O)c1c(NC(=O)c2cc(-c3ccccc3)nc3ccccc23)sc(C)c1-c1ccc(C)cc1. The van der Waals surface area contributed by atoms with E-state index in [9.17, 15) is 9.59 Å². The van der Waals surface area contributed by atoms with Gasteiger partial charge in [0.25, 0.3) is 5.91 Å². The summed E-state index contributed by atoms with van der Waals surface area (Å²) in [6.07, 6.45) is 0. The first-order valence-corrected chi connectivity index (χ1v) is 12.9. The number of hydrogen-bond acceptors (Lipinski definition) is 5. The van der Waals surface area contributed by atoms with E-state index in [0.29, 0.717) is 21.8 Å². The molecule has 5 aromatic rings. The van der Waals surface area contributed by atoms with E-state index in [0.717, 1.165) is 38.0 Å². The number of anilines is 1. The molecule has 0 aliphatic heterocycles. The Morgan fingerprint density at radius 2 is 1.59 bits per heavy atom. The molecule has 2 aromatic heterocycles. The number of para-hydroxylation sites is 1. The second-order valence-electron chi connectivity index (χ2n) is 8.72. The third kappa shape index (κ3) is 4.88. The number of aryl methyl sites for hydroxylation is 2. The van der Waals surface area contributed by atoms with E-state index in [2.05, 4.69) is 5.32 Å². The maximum Gasteiger partial charge on any atom is 0.341 e. The number of benzene rings is 3. The van der Waals surface area contributed by atoms with Crippen molar-refractivity contribution in [1.82, 2.24) is 4.98 Å². The van der Waals surface area contributed by atoms with E-state index >= 15 is 0 Å². The van der Waals surface area contributed by atoms with Crippen LogP contribution in [-0.4, -0.2) is 23.5 Å². The topological polar surface area (TPSA) is 68.3 Å². The van der Waals surface area contributed by atoms with Crippen molar-refractivity contribution in [1.29, 1.82) is 0 Å². The second kappa shape index (κ2) is 10.4. The Bertz CT molecular complexity index is 1610. The number of nitrogens with one attached hydrogen (secondary N) is 1. The Kier molecular flexibility index (Phi) is 6.84. The molecule has 1 N–H and O–H groups in total. The minimum absolute atomic E-state index is 0.240. The van der Waals surface area contributed by atoms with Gasteiger partial charge in [0.05, 0.1) is 23.4 Å². The first-order chi connectivity index (χ1) is 18.0. The van der Waals surface area contributed by atoms with Crippen molar-refractivity contribution in [2.24, 2.45) is 0 Å². The molecule has 0 unspecified atom stereocenters. The molecule has 5 rings (SSSR count). The fraction of sp³-hybridized carbons (Fsp3) is 0.129. The molecule has 0 bridgehead atoms. The van der Waals surface area contributed by atoms with Crippen molar-refractivity contribution in [2.45, 2.75) is 20.8 Å². The van der Waals surface area contributed by atoms with Crippen LogP contribution in [0.3, 0.4) is 0 Å². The smallest absolute Gasteiger partial charge is 0.341 e. The number of amides is 1. The largest absolute Gasteiger partial charge is 0.462 e. The molecule has 2 heterocycles. The van der Waals surface area contributed by atoms with E-state index in [4.69, 9.17) is 9.72 Å². The number of carbonyl (C=O) groups is 2. The zero-order chi connectivity index (χ0) is 25.9. The highest BCUT2D eigenvalue weighted by atomic mass is 32.1. The van der Waals surface area contributed by atoms with E-state index in [1.54, 1.807) is 13.0 Å². The molecule has 0 fully saturated rings. The number of carbonyl (C=O) groups excluding carboxylic acids is 2. The van der Waals surface area contributed by atoms with E-state index in [-0.39, 0.29) is 12.5 Å². The van der Waals surface area contributed by atoms with Gasteiger partial charge in [0.2, 0.25) is 0 Å². The highest BCUT2D eigenvalue weighted by Gasteiger charge is 2.26. The molecule has 0 atom stereocenters. The van der Waals surface area contributed by atoms with Crippen LogP contribution in [0.2, 0.25) is 0 Å². The molecular weight excluding hydrogens is 480 g/mol. The van der Waals surface area contributed by atoms with Gasteiger partial charge in [0.1, 0.15) is 10.6 Å². The second-order valence-corrected chi connectivity index (χ2v) is 9.94. The lowest BCUT2D eigenvalue weighted by Crippen LogP contribution is -2.15. The minimum Gasteiger partial charge on any atom is -0.462 e. The lowest BCUT2D eigenvalue weighted by atomic mass is 10.00. The quantitative estimate of drug-likeness (QED) is 0.240. The number of aromatic nitrogens is 1. The summed E-state index contributed by atoms with van der Waals surface area (Å²) in [6.45, 7) is 5.98. The number of esters is 1. The summed E-state index contributed by atoms with van der Waals surface area (Å²) in [5.41, 5.74) is 6.03. The normalized spacial score (nSPS) is 10.9. The number of nitrogens with zero attached hydrogens (tertiary/aromatic N) is 1. The first-order valence-electron chi connectivity index (χ1n) is 12.1. The first kappa shape index (κ1) is 24.4. The maximum atomic E-state index is 13.8. The van der Waals surface area contributed by atoms with Crippen LogP contribution in [0.4, 0.5) is 5.00 Å². The van der Waals surface area contributed by atoms with E-state index in [1.807, 2.05) is 92.7 Å². The Morgan fingerprint density at radius 1 is 0.892 bits per heavy atom. The maximum absolute atomic E-state index is 13.8. The number of fused-ring (bicyclic) bond motifs is 1. The van der Waals surface area contributed by atoms with Crippen molar-refractivity contribution < 1.29 is 14.3 Å². The van der Waals surface area contributed by atoms with Crippen molar-refractivity contribution in [3.05, 3.63) is 106 Å². The van der Waals surface area contributed by atoms with Crippen LogP contribution in [-0.2, 0) is 4.74 Å². The lowest BCUT2D eigenvalue weighted by Gasteiger charge is -2.12. The molecule has 0 radical (unpaired) electrons. The number of hydrogen-bond donors (Lipinski definition) is 1. The zero-order valence-electron chi connectivity index (χ0n) is 20.9.